The molecular weight excluding hydrogens is 726 g/mol. The second-order valence-corrected chi connectivity index (χ2v) is 13.5. The van der Waals surface area contributed by atoms with Gasteiger partial charge < -0.3 is 15.2 Å². The van der Waals surface area contributed by atoms with E-state index < -0.39 is 17.3 Å². The molecule has 0 spiro atoms. The molecule has 0 aliphatic heterocycles. The molecule has 50 heavy (non-hydrogen) atoms. The molecule has 0 bridgehead atoms. The summed E-state index contributed by atoms with van der Waals surface area (Å²) in [6, 6.07) is 25.0. The van der Waals surface area contributed by atoms with Gasteiger partial charge in [-0.2, -0.15) is 13.2 Å². The molecule has 17 heteroatoms. The summed E-state index contributed by atoms with van der Waals surface area (Å²) in [6.45, 7) is 6.82. The summed E-state index contributed by atoms with van der Waals surface area (Å²) in [5, 5.41) is 22.1. The number of nitrogens with zero attached hydrogens (tertiary/aromatic N) is 5. The maximum absolute atomic E-state index is 13.3. The Morgan fingerprint density at radius 2 is 1.46 bits per heavy atom. The van der Waals surface area contributed by atoms with Crippen LogP contribution in [0.5, 0.6) is 0 Å². The molecule has 0 aliphatic carbocycles. The number of anilines is 2. The first kappa shape index (κ1) is 38.4. The van der Waals surface area contributed by atoms with Crippen LogP contribution in [0.1, 0.15) is 20.8 Å². The van der Waals surface area contributed by atoms with Crippen molar-refractivity contribution in [2.75, 3.05) is 16.4 Å². The summed E-state index contributed by atoms with van der Waals surface area (Å²) in [7, 11) is 0. The molecule has 3 N–H and O–H groups in total. The van der Waals surface area contributed by atoms with Crippen molar-refractivity contribution < 1.29 is 22.8 Å². The molecule has 2 aromatic carbocycles. The first-order valence-electron chi connectivity index (χ1n) is 15.2. The van der Waals surface area contributed by atoms with Gasteiger partial charge in [0.2, 0.25) is 17.0 Å². The zero-order chi connectivity index (χ0) is 35.9. The number of halogens is 3. The van der Waals surface area contributed by atoms with Gasteiger partial charge in [-0.3, -0.25) is 14.7 Å². The van der Waals surface area contributed by atoms with E-state index in [1.54, 1.807) is 41.7 Å². The van der Waals surface area contributed by atoms with Gasteiger partial charge in [-0.15, -0.1) is 38.0 Å². The molecule has 1 atom stereocenters. The Balaban J connectivity index is 0.000000215. The number of hydrogen-bond donors (Lipinski definition) is 3. The summed E-state index contributed by atoms with van der Waals surface area (Å²) in [5.74, 6) is 0.295. The normalized spacial score (nSPS) is 11.4. The number of aromatic amines is 1. The number of thioether (sulfide) groups is 2. The van der Waals surface area contributed by atoms with E-state index in [-0.39, 0.29) is 28.5 Å². The van der Waals surface area contributed by atoms with Crippen LogP contribution in [0.3, 0.4) is 0 Å². The Labute approximate surface area is 303 Å². The maximum atomic E-state index is 13.3. The number of carbonyl (C=O) groups excluding carboxylic acids is 2. The van der Waals surface area contributed by atoms with Crippen molar-refractivity contribution in [1.29, 1.82) is 0 Å². The molecule has 2 amide bonds. The number of aromatic nitrogens is 6. The molecule has 0 saturated carbocycles. The molecule has 0 saturated heterocycles. The lowest BCUT2D eigenvalue weighted by Crippen LogP contribution is -2.38. The minimum absolute atomic E-state index is 0.0514. The van der Waals surface area contributed by atoms with Crippen molar-refractivity contribution in [3.05, 3.63) is 95.7 Å². The van der Waals surface area contributed by atoms with Gasteiger partial charge in [0.05, 0.1) is 15.5 Å². The van der Waals surface area contributed by atoms with Gasteiger partial charge in [0.15, 0.2) is 22.1 Å². The molecule has 6 rings (SSSR count). The molecule has 0 aliphatic rings. The second-order valence-electron chi connectivity index (χ2n) is 9.57. The van der Waals surface area contributed by atoms with Crippen LogP contribution in [0.4, 0.5) is 24.5 Å². The lowest BCUT2D eigenvalue weighted by molar-refractivity contribution is -0.146. The SMILES string of the molecule is CC.CCn1c(SCC(=O)Nc2ccccc2)nnc1-c1cccs1.O=C(Nc1ccccc1)C(Sc1n[nH]c(-c2cccs2)n1)C(F)(F)F. The third-order valence-electron chi connectivity index (χ3n) is 6.18. The predicted molar refractivity (Wildman–Crippen MR) is 197 cm³/mol. The highest BCUT2D eigenvalue weighted by molar-refractivity contribution is 8.00. The fourth-order valence-corrected chi connectivity index (χ4v) is 6.98. The Bertz CT molecular complexity index is 1880. The zero-order valence-corrected chi connectivity index (χ0v) is 30.3. The Morgan fingerprint density at radius 1 is 0.860 bits per heavy atom. The van der Waals surface area contributed by atoms with E-state index in [1.807, 2.05) is 71.6 Å². The summed E-state index contributed by atoms with van der Waals surface area (Å²) in [5.41, 5.74) is 1.09. The van der Waals surface area contributed by atoms with E-state index in [9.17, 15) is 22.8 Å². The summed E-state index contributed by atoms with van der Waals surface area (Å²) in [6.07, 6.45) is -4.74. The first-order valence-corrected chi connectivity index (χ1v) is 18.8. The monoisotopic (exact) mass is 758 g/mol. The number of hydrogen-bond acceptors (Lipinski definition) is 10. The van der Waals surface area contributed by atoms with Gasteiger partial charge in [0.1, 0.15) is 0 Å². The number of para-hydroxylation sites is 2. The average Bonchev–Trinajstić information content (AvgIpc) is 3.95. The van der Waals surface area contributed by atoms with Crippen molar-refractivity contribution in [3.8, 4) is 21.4 Å². The van der Waals surface area contributed by atoms with Crippen LogP contribution in [-0.2, 0) is 16.1 Å². The molecule has 6 aromatic rings. The standard InChI is InChI=1S/C16H16N4OS2.C15H11F3N4OS2.C2H6/c1-2-20-15(13-9-6-10-22-13)18-19-16(20)23-11-14(21)17-12-7-4-3-5-8-12;16-15(17,18)11(13(23)19-9-5-2-1-3-6-9)25-14-20-12(21-22-14)10-7-4-8-24-10;1-2/h3-10H,2,11H2,1H3,(H,17,21);1-8,11H,(H,19,23)(H,20,21,22);1-2H3. The summed E-state index contributed by atoms with van der Waals surface area (Å²) in [4.78, 5) is 30.0. The molecular formula is C33H33F3N8O2S4. The lowest BCUT2D eigenvalue weighted by Gasteiger charge is -2.17. The fraction of sp³-hybridized carbons (Fsp3) is 0.212. The average molecular weight is 759 g/mol. The van der Waals surface area contributed by atoms with Gasteiger partial charge >= 0.3 is 6.18 Å². The smallest absolute Gasteiger partial charge is 0.325 e. The van der Waals surface area contributed by atoms with Crippen molar-refractivity contribution in [1.82, 2.24) is 29.9 Å². The quantitative estimate of drug-likeness (QED) is 0.112. The highest BCUT2D eigenvalue weighted by atomic mass is 32.2. The number of rotatable bonds is 11. The summed E-state index contributed by atoms with van der Waals surface area (Å²) >= 11 is 4.66. The lowest BCUT2D eigenvalue weighted by atomic mass is 10.3. The fourth-order valence-electron chi connectivity index (χ4n) is 4.04. The van der Waals surface area contributed by atoms with E-state index >= 15 is 0 Å². The van der Waals surface area contributed by atoms with Crippen LogP contribution in [0.2, 0.25) is 0 Å². The molecule has 10 nitrogen and oxygen atoms in total. The molecule has 0 fully saturated rings. The van der Waals surface area contributed by atoms with E-state index in [1.165, 1.54) is 35.2 Å². The third-order valence-corrected chi connectivity index (χ3v) is 10.0. The molecule has 4 heterocycles. The topological polar surface area (TPSA) is 130 Å². The van der Waals surface area contributed by atoms with Gasteiger partial charge in [-0.25, -0.2) is 4.98 Å². The predicted octanol–water partition coefficient (Wildman–Crippen LogP) is 8.98. The van der Waals surface area contributed by atoms with Crippen LogP contribution in [0.25, 0.3) is 21.4 Å². The van der Waals surface area contributed by atoms with Gasteiger partial charge in [-0.05, 0) is 54.1 Å². The highest BCUT2D eigenvalue weighted by Gasteiger charge is 2.46. The van der Waals surface area contributed by atoms with Crippen molar-refractivity contribution in [2.24, 2.45) is 0 Å². The third kappa shape index (κ3) is 11.0. The van der Waals surface area contributed by atoms with Crippen molar-refractivity contribution in [3.63, 3.8) is 0 Å². The van der Waals surface area contributed by atoms with Gasteiger partial charge in [-0.1, -0.05) is 85.9 Å². The number of thiophene rings is 2. The first-order chi connectivity index (χ1) is 24.2. The van der Waals surface area contributed by atoms with Gasteiger partial charge in [0, 0.05) is 17.9 Å². The van der Waals surface area contributed by atoms with Crippen molar-refractivity contribution >= 4 is 69.4 Å². The number of benzene rings is 2. The number of carbonyl (C=O) groups is 2. The van der Waals surface area contributed by atoms with Crippen LogP contribution in [-0.4, -0.2) is 58.9 Å². The van der Waals surface area contributed by atoms with E-state index in [2.05, 4.69) is 42.9 Å². The van der Waals surface area contributed by atoms with Crippen LogP contribution < -0.4 is 10.6 Å². The molecule has 0 radical (unpaired) electrons. The Morgan fingerprint density at radius 3 is 2.02 bits per heavy atom. The molecule has 4 aromatic heterocycles. The minimum Gasteiger partial charge on any atom is -0.325 e. The summed E-state index contributed by atoms with van der Waals surface area (Å²) < 4.78 is 41.9. The van der Waals surface area contributed by atoms with E-state index in [0.717, 1.165) is 33.0 Å². The largest absolute Gasteiger partial charge is 0.409 e. The van der Waals surface area contributed by atoms with E-state index in [4.69, 9.17) is 0 Å². The van der Waals surface area contributed by atoms with Crippen molar-refractivity contribution in [2.45, 2.75) is 49.1 Å². The molecule has 262 valence electrons. The number of alkyl halides is 3. The maximum Gasteiger partial charge on any atom is 0.409 e. The Hall–Kier alpha value is -4.45. The molecule has 1 unspecified atom stereocenters. The van der Waals surface area contributed by atoms with Crippen LogP contribution >= 0.6 is 46.2 Å². The zero-order valence-electron chi connectivity index (χ0n) is 27.0. The number of amides is 2. The minimum atomic E-state index is -4.74. The Kier molecular flexibility index (Phi) is 14.6. The van der Waals surface area contributed by atoms with Crippen LogP contribution in [0, 0.1) is 0 Å². The highest BCUT2D eigenvalue weighted by Crippen LogP contribution is 2.35. The van der Waals surface area contributed by atoms with E-state index in [0.29, 0.717) is 11.6 Å². The number of H-pyrrole nitrogens is 1. The second kappa shape index (κ2) is 19.1. The van der Waals surface area contributed by atoms with Crippen LogP contribution in [0.15, 0.2) is 106 Å². The van der Waals surface area contributed by atoms with Gasteiger partial charge in [0.25, 0.3) is 0 Å². The number of nitrogens with one attached hydrogen (secondary N) is 3.